The summed E-state index contributed by atoms with van der Waals surface area (Å²) in [6.45, 7) is 9.54. The average Bonchev–Trinajstić information content (AvgIpc) is 2.82. The van der Waals surface area contributed by atoms with Crippen molar-refractivity contribution in [2.45, 2.75) is 33.2 Å². The van der Waals surface area contributed by atoms with Crippen molar-refractivity contribution in [3.05, 3.63) is 48.0 Å². The van der Waals surface area contributed by atoms with Crippen LogP contribution in [-0.4, -0.2) is 57.6 Å². The predicted octanol–water partition coefficient (Wildman–Crippen LogP) is 4.44. The SMILES string of the molecule is COc1cc(CN2CCN(c3ccccc3OC)CC2)ccc1NCCCC(=O)C(C)C. The summed E-state index contributed by atoms with van der Waals surface area (Å²) >= 11 is 0. The smallest absolute Gasteiger partial charge is 0.142 e. The number of hydrogen-bond donors (Lipinski definition) is 1. The first-order valence-electron chi connectivity index (χ1n) is 11.6. The van der Waals surface area contributed by atoms with E-state index in [9.17, 15) is 4.79 Å². The van der Waals surface area contributed by atoms with Gasteiger partial charge in [-0.1, -0.05) is 32.0 Å². The lowest BCUT2D eigenvalue weighted by atomic mass is 10.0. The van der Waals surface area contributed by atoms with Crippen molar-refractivity contribution in [2.24, 2.45) is 5.92 Å². The summed E-state index contributed by atoms with van der Waals surface area (Å²) in [5.74, 6) is 2.22. The number of anilines is 2. The molecule has 0 saturated carbocycles. The van der Waals surface area contributed by atoms with Crippen LogP contribution in [0.4, 0.5) is 11.4 Å². The van der Waals surface area contributed by atoms with Gasteiger partial charge in [0.25, 0.3) is 0 Å². The highest BCUT2D eigenvalue weighted by Crippen LogP contribution is 2.29. The van der Waals surface area contributed by atoms with E-state index in [4.69, 9.17) is 9.47 Å². The van der Waals surface area contributed by atoms with Crippen LogP contribution in [0.15, 0.2) is 42.5 Å². The molecule has 0 radical (unpaired) electrons. The number of piperazine rings is 1. The number of carbonyl (C=O) groups is 1. The molecule has 0 aromatic heterocycles. The molecule has 1 fully saturated rings. The molecule has 6 nitrogen and oxygen atoms in total. The van der Waals surface area contributed by atoms with Crippen LogP contribution in [0, 0.1) is 5.92 Å². The molecule has 0 aliphatic carbocycles. The molecule has 1 aliphatic heterocycles. The highest BCUT2D eigenvalue weighted by atomic mass is 16.5. The quantitative estimate of drug-likeness (QED) is 0.523. The summed E-state index contributed by atoms with van der Waals surface area (Å²) in [6.07, 6.45) is 1.45. The van der Waals surface area contributed by atoms with Gasteiger partial charge >= 0.3 is 0 Å². The zero-order valence-corrected chi connectivity index (χ0v) is 19.9. The molecule has 0 bridgehead atoms. The van der Waals surface area contributed by atoms with Crippen molar-refractivity contribution in [3.8, 4) is 11.5 Å². The number of Topliss-reactive ketones (excluding diaryl/α,β-unsaturated/α-hetero) is 1. The van der Waals surface area contributed by atoms with Crippen LogP contribution < -0.4 is 19.7 Å². The topological polar surface area (TPSA) is 54.0 Å². The Bertz CT molecular complexity index is 876. The minimum absolute atomic E-state index is 0.111. The average molecular weight is 440 g/mol. The zero-order valence-electron chi connectivity index (χ0n) is 19.9. The lowest BCUT2D eigenvalue weighted by molar-refractivity contribution is -0.121. The van der Waals surface area contributed by atoms with Crippen molar-refractivity contribution in [3.63, 3.8) is 0 Å². The number of nitrogens with zero attached hydrogens (tertiary/aromatic N) is 2. The van der Waals surface area contributed by atoms with Crippen LogP contribution >= 0.6 is 0 Å². The van der Waals surface area contributed by atoms with Crippen molar-refractivity contribution in [1.29, 1.82) is 0 Å². The Morgan fingerprint density at radius 3 is 2.41 bits per heavy atom. The van der Waals surface area contributed by atoms with Gasteiger partial charge in [-0.3, -0.25) is 9.69 Å². The molecule has 6 heteroatoms. The number of para-hydroxylation sites is 2. The molecule has 1 N–H and O–H groups in total. The second-order valence-electron chi connectivity index (χ2n) is 8.62. The number of methoxy groups -OCH3 is 2. The van der Waals surface area contributed by atoms with Gasteiger partial charge in [0.2, 0.25) is 0 Å². The van der Waals surface area contributed by atoms with E-state index in [0.29, 0.717) is 12.2 Å². The summed E-state index contributed by atoms with van der Waals surface area (Å²) in [6, 6.07) is 14.6. The van der Waals surface area contributed by atoms with Gasteiger partial charge in [0, 0.05) is 51.6 Å². The summed E-state index contributed by atoms with van der Waals surface area (Å²) in [5, 5.41) is 3.41. The molecule has 0 unspecified atom stereocenters. The normalized spacial score (nSPS) is 14.5. The van der Waals surface area contributed by atoms with E-state index in [-0.39, 0.29) is 5.92 Å². The first-order valence-corrected chi connectivity index (χ1v) is 11.6. The monoisotopic (exact) mass is 439 g/mol. The van der Waals surface area contributed by atoms with E-state index < -0.39 is 0 Å². The first-order chi connectivity index (χ1) is 15.5. The molecule has 32 heavy (non-hydrogen) atoms. The van der Waals surface area contributed by atoms with Gasteiger partial charge in [0.15, 0.2) is 0 Å². The fourth-order valence-corrected chi connectivity index (χ4v) is 4.05. The number of carbonyl (C=O) groups excluding carboxylic acids is 1. The van der Waals surface area contributed by atoms with E-state index in [1.807, 2.05) is 26.0 Å². The van der Waals surface area contributed by atoms with Crippen molar-refractivity contribution < 1.29 is 14.3 Å². The van der Waals surface area contributed by atoms with E-state index in [2.05, 4.69) is 45.4 Å². The maximum absolute atomic E-state index is 11.8. The second-order valence-corrected chi connectivity index (χ2v) is 8.62. The molecule has 0 spiro atoms. The Hall–Kier alpha value is -2.73. The van der Waals surface area contributed by atoms with Crippen molar-refractivity contribution >= 4 is 17.2 Å². The minimum atomic E-state index is 0.111. The molecule has 2 aromatic rings. The van der Waals surface area contributed by atoms with E-state index in [1.165, 1.54) is 11.3 Å². The van der Waals surface area contributed by atoms with E-state index >= 15 is 0 Å². The largest absolute Gasteiger partial charge is 0.495 e. The Morgan fingerprint density at radius 2 is 1.72 bits per heavy atom. The Morgan fingerprint density at radius 1 is 1.00 bits per heavy atom. The Kier molecular flexibility index (Phi) is 8.80. The molecule has 0 amide bonds. The third kappa shape index (κ3) is 6.39. The number of rotatable bonds is 11. The molecule has 1 saturated heterocycles. The van der Waals surface area contributed by atoms with E-state index in [1.54, 1.807) is 14.2 Å². The van der Waals surface area contributed by atoms with Gasteiger partial charge in [-0.05, 0) is 36.2 Å². The molecule has 1 aliphatic rings. The van der Waals surface area contributed by atoms with Crippen LogP contribution in [0.1, 0.15) is 32.3 Å². The lowest BCUT2D eigenvalue weighted by Gasteiger charge is -2.36. The van der Waals surface area contributed by atoms with Crippen LogP contribution in [0.2, 0.25) is 0 Å². The van der Waals surface area contributed by atoms with E-state index in [0.717, 1.165) is 62.9 Å². The lowest BCUT2D eigenvalue weighted by Crippen LogP contribution is -2.46. The number of ether oxygens (including phenoxy) is 2. The number of nitrogens with one attached hydrogen (secondary N) is 1. The highest BCUT2D eigenvalue weighted by Gasteiger charge is 2.20. The fraction of sp³-hybridized carbons (Fsp3) is 0.500. The van der Waals surface area contributed by atoms with Gasteiger partial charge in [-0.2, -0.15) is 0 Å². The van der Waals surface area contributed by atoms with Crippen LogP contribution in [-0.2, 0) is 11.3 Å². The number of benzene rings is 2. The standard InChI is InChI=1S/C26H37N3O3/c1-20(2)24(30)9-7-13-27-22-12-11-21(18-26(22)32-4)19-28-14-16-29(17-15-28)23-8-5-6-10-25(23)31-3/h5-6,8,10-12,18,20,27H,7,9,13-17,19H2,1-4H3. The number of ketones is 1. The highest BCUT2D eigenvalue weighted by molar-refractivity contribution is 5.80. The van der Waals surface area contributed by atoms with Crippen molar-refractivity contribution in [1.82, 2.24) is 4.90 Å². The molecule has 3 rings (SSSR count). The van der Waals surface area contributed by atoms with Gasteiger partial charge in [-0.15, -0.1) is 0 Å². The van der Waals surface area contributed by atoms with Crippen LogP contribution in [0.3, 0.4) is 0 Å². The van der Waals surface area contributed by atoms with Gasteiger partial charge in [0.05, 0.1) is 25.6 Å². The molecule has 0 atom stereocenters. The summed E-state index contributed by atoms with van der Waals surface area (Å²) in [4.78, 5) is 16.7. The predicted molar refractivity (Wildman–Crippen MR) is 131 cm³/mol. The van der Waals surface area contributed by atoms with Crippen LogP contribution in [0.25, 0.3) is 0 Å². The fourth-order valence-electron chi connectivity index (χ4n) is 4.05. The van der Waals surface area contributed by atoms with Gasteiger partial charge < -0.3 is 19.7 Å². The first kappa shape index (κ1) is 23.9. The summed E-state index contributed by atoms with van der Waals surface area (Å²) in [7, 11) is 3.44. The molecule has 1 heterocycles. The third-order valence-electron chi connectivity index (χ3n) is 6.03. The maximum Gasteiger partial charge on any atom is 0.142 e. The molecular formula is C26H37N3O3. The van der Waals surface area contributed by atoms with Crippen LogP contribution in [0.5, 0.6) is 11.5 Å². The Labute approximate surface area is 192 Å². The van der Waals surface area contributed by atoms with Gasteiger partial charge in [-0.25, -0.2) is 0 Å². The van der Waals surface area contributed by atoms with Gasteiger partial charge in [0.1, 0.15) is 17.3 Å². The summed E-state index contributed by atoms with van der Waals surface area (Å²) < 4.78 is 11.1. The molecule has 2 aromatic carbocycles. The summed E-state index contributed by atoms with van der Waals surface area (Å²) in [5.41, 5.74) is 3.39. The molecular weight excluding hydrogens is 402 g/mol. The second kappa shape index (κ2) is 11.8. The maximum atomic E-state index is 11.8. The minimum Gasteiger partial charge on any atom is -0.495 e. The van der Waals surface area contributed by atoms with Crippen molar-refractivity contribution in [2.75, 3.05) is 57.2 Å². The Balaban J connectivity index is 1.51. The third-order valence-corrected chi connectivity index (χ3v) is 6.03. The number of hydrogen-bond acceptors (Lipinski definition) is 6. The zero-order chi connectivity index (χ0) is 22.9. The molecule has 174 valence electrons.